The van der Waals surface area contributed by atoms with Crippen LogP contribution in [0.2, 0.25) is 0 Å². The number of thioether (sulfide) groups is 1. The molecule has 0 aromatic rings. The fourth-order valence-electron chi connectivity index (χ4n) is 2.30. The lowest BCUT2D eigenvalue weighted by Crippen LogP contribution is -2.44. The van der Waals surface area contributed by atoms with Gasteiger partial charge >= 0.3 is 0 Å². The van der Waals surface area contributed by atoms with Crippen LogP contribution in [0.3, 0.4) is 0 Å². The topological polar surface area (TPSA) is 3.24 Å². The molecule has 1 rings (SSSR count). The third-order valence-electron chi connectivity index (χ3n) is 2.57. The van der Waals surface area contributed by atoms with Crippen molar-refractivity contribution < 1.29 is 0 Å². The van der Waals surface area contributed by atoms with E-state index >= 15 is 0 Å². The Balaban J connectivity index is 2.53. The van der Waals surface area contributed by atoms with Crippen molar-refractivity contribution in [3.8, 4) is 0 Å². The largest absolute Gasteiger partial charge is 0.288 e. The Morgan fingerprint density at radius 2 is 1.77 bits per heavy atom. The maximum absolute atomic E-state index is 2.61. The van der Waals surface area contributed by atoms with Crippen LogP contribution in [-0.4, -0.2) is 28.6 Å². The average Bonchev–Trinajstić information content (AvgIpc) is 2.29. The van der Waals surface area contributed by atoms with Crippen molar-refractivity contribution in [2.24, 2.45) is 5.41 Å². The molecule has 13 heavy (non-hydrogen) atoms. The number of hydrogen-bond donors (Lipinski definition) is 0. The summed E-state index contributed by atoms with van der Waals surface area (Å²) < 4.78 is 0. The van der Waals surface area contributed by atoms with Crippen molar-refractivity contribution in [2.75, 3.05) is 18.2 Å². The van der Waals surface area contributed by atoms with Crippen molar-refractivity contribution in [1.29, 1.82) is 0 Å². The summed E-state index contributed by atoms with van der Waals surface area (Å²) in [6, 6.07) is 0. The van der Waals surface area contributed by atoms with E-state index in [0.717, 1.165) is 0 Å². The molecule has 0 bridgehead atoms. The smallest absolute Gasteiger partial charge is 0.0450 e. The summed E-state index contributed by atoms with van der Waals surface area (Å²) in [5.74, 6) is 2.54. The second kappa shape index (κ2) is 3.82. The van der Waals surface area contributed by atoms with E-state index in [0.29, 0.717) is 11.0 Å². The minimum absolute atomic E-state index is 0.377. The molecule has 2 heteroatoms. The molecule has 1 fully saturated rings. The lowest BCUT2D eigenvalue weighted by atomic mass is 9.81. The Labute approximate surface area is 87.3 Å². The summed E-state index contributed by atoms with van der Waals surface area (Å²) in [4.78, 5) is 2.61. The summed E-state index contributed by atoms with van der Waals surface area (Å²) in [6.07, 6.45) is 1.28. The first-order valence-electron chi connectivity index (χ1n) is 5.14. The van der Waals surface area contributed by atoms with Gasteiger partial charge in [0.05, 0.1) is 0 Å². The summed E-state index contributed by atoms with van der Waals surface area (Å²) in [7, 11) is 0. The second-order valence-electron chi connectivity index (χ2n) is 5.85. The zero-order chi connectivity index (χ0) is 10.1. The molecule has 0 amide bonds. The van der Waals surface area contributed by atoms with E-state index in [1.165, 1.54) is 24.6 Å². The van der Waals surface area contributed by atoms with Gasteiger partial charge in [-0.05, 0) is 25.7 Å². The predicted octanol–water partition coefficient (Wildman–Crippen LogP) is 3.21. The maximum atomic E-state index is 2.61. The third-order valence-corrected chi connectivity index (χ3v) is 3.54. The molecule has 0 aromatic heterocycles. The highest BCUT2D eigenvalue weighted by molar-refractivity contribution is 7.99. The average molecular weight is 201 g/mol. The van der Waals surface area contributed by atoms with Crippen LogP contribution in [0.25, 0.3) is 0 Å². The molecule has 0 aromatic carbocycles. The third kappa shape index (κ3) is 3.51. The lowest BCUT2D eigenvalue weighted by molar-refractivity contribution is 0.109. The van der Waals surface area contributed by atoms with E-state index in [1.807, 2.05) is 0 Å². The van der Waals surface area contributed by atoms with Crippen LogP contribution in [0.15, 0.2) is 0 Å². The summed E-state index contributed by atoms with van der Waals surface area (Å²) in [5.41, 5.74) is 0.818. The van der Waals surface area contributed by atoms with Gasteiger partial charge in [-0.1, -0.05) is 20.8 Å². The molecular weight excluding hydrogens is 178 g/mol. The first kappa shape index (κ1) is 11.4. The molecule has 0 unspecified atom stereocenters. The second-order valence-corrected chi connectivity index (χ2v) is 6.93. The zero-order valence-electron chi connectivity index (χ0n) is 9.68. The molecule has 0 radical (unpaired) electrons. The Hall–Kier alpha value is 0.310. The predicted molar refractivity (Wildman–Crippen MR) is 62.2 cm³/mol. The van der Waals surface area contributed by atoms with Crippen molar-refractivity contribution in [3.63, 3.8) is 0 Å². The van der Waals surface area contributed by atoms with Crippen LogP contribution in [0.1, 0.15) is 41.0 Å². The fourth-order valence-corrected chi connectivity index (χ4v) is 3.48. The minimum atomic E-state index is 0.377. The highest BCUT2D eigenvalue weighted by Crippen LogP contribution is 2.33. The van der Waals surface area contributed by atoms with Gasteiger partial charge in [-0.3, -0.25) is 4.90 Å². The van der Waals surface area contributed by atoms with Crippen LogP contribution < -0.4 is 0 Å². The zero-order valence-corrected chi connectivity index (χ0v) is 10.5. The van der Waals surface area contributed by atoms with E-state index in [2.05, 4.69) is 51.3 Å². The van der Waals surface area contributed by atoms with E-state index < -0.39 is 0 Å². The highest BCUT2D eigenvalue weighted by atomic mass is 32.2. The molecule has 0 spiro atoms. The van der Waals surface area contributed by atoms with Gasteiger partial charge in [0.25, 0.3) is 0 Å². The van der Waals surface area contributed by atoms with Gasteiger partial charge in [0.1, 0.15) is 0 Å². The van der Waals surface area contributed by atoms with Crippen LogP contribution in [0.4, 0.5) is 0 Å². The Bertz CT molecular complexity index is 163. The Kier molecular flexibility index (Phi) is 3.34. The minimum Gasteiger partial charge on any atom is -0.288 e. The molecule has 0 atom stereocenters. The van der Waals surface area contributed by atoms with Crippen molar-refractivity contribution in [3.05, 3.63) is 0 Å². The molecule has 1 saturated heterocycles. The molecule has 78 valence electrons. The van der Waals surface area contributed by atoms with Crippen LogP contribution in [0.5, 0.6) is 0 Å². The molecule has 1 heterocycles. The van der Waals surface area contributed by atoms with E-state index in [4.69, 9.17) is 0 Å². The standard InChI is InChI=1S/C11H23NS/c1-10(2,3)8-11(4,5)12-6-7-13-9-12/h6-9H2,1-5H3. The summed E-state index contributed by atoms with van der Waals surface area (Å²) in [6.45, 7) is 13.0. The fraction of sp³-hybridized carbons (Fsp3) is 1.00. The Morgan fingerprint density at radius 3 is 2.15 bits per heavy atom. The van der Waals surface area contributed by atoms with Crippen LogP contribution in [-0.2, 0) is 0 Å². The number of hydrogen-bond acceptors (Lipinski definition) is 2. The maximum Gasteiger partial charge on any atom is 0.0450 e. The van der Waals surface area contributed by atoms with Crippen LogP contribution in [0, 0.1) is 5.41 Å². The first-order valence-corrected chi connectivity index (χ1v) is 6.30. The van der Waals surface area contributed by atoms with Gasteiger partial charge in [-0.15, -0.1) is 11.8 Å². The molecule has 1 aliphatic heterocycles. The number of rotatable bonds is 2. The van der Waals surface area contributed by atoms with Gasteiger partial charge in [0, 0.05) is 23.7 Å². The SMILES string of the molecule is CC(C)(C)CC(C)(C)N1CCSC1. The normalized spacial score (nSPS) is 21.0. The van der Waals surface area contributed by atoms with Crippen molar-refractivity contribution in [2.45, 2.75) is 46.6 Å². The van der Waals surface area contributed by atoms with Crippen molar-refractivity contribution in [1.82, 2.24) is 4.90 Å². The van der Waals surface area contributed by atoms with Crippen molar-refractivity contribution >= 4 is 11.8 Å². The molecule has 1 nitrogen and oxygen atoms in total. The molecule has 1 aliphatic rings. The molecular formula is C11H23NS. The van der Waals surface area contributed by atoms with Gasteiger partial charge in [0.15, 0.2) is 0 Å². The monoisotopic (exact) mass is 201 g/mol. The Morgan fingerprint density at radius 1 is 1.15 bits per heavy atom. The molecule has 0 N–H and O–H groups in total. The summed E-state index contributed by atoms with van der Waals surface area (Å²) >= 11 is 2.06. The summed E-state index contributed by atoms with van der Waals surface area (Å²) in [5, 5.41) is 0. The first-order chi connectivity index (χ1) is 5.81. The van der Waals surface area contributed by atoms with Gasteiger partial charge in [0.2, 0.25) is 0 Å². The van der Waals surface area contributed by atoms with Gasteiger partial charge < -0.3 is 0 Å². The highest BCUT2D eigenvalue weighted by Gasteiger charge is 2.32. The van der Waals surface area contributed by atoms with E-state index in [1.54, 1.807) is 0 Å². The quantitative estimate of drug-likeness (QED) is 0.675. The van der Waals surface area contributed by atoms with E-state index in [9.17, 15) is 0 Å². The lowest BCUT2D eigenvalue weighted by Gasteiger charge is -2.39. The number of nitrogens with zero attached hydrogens (tertiary/aromatic N) is 1. The van der Waals surface area contributed by atoms with Gasteiger partial charge in [-0.2, -0.15) is 0 Å². The van der Waals surface area contributed by atoms with Gasteiger partial charge in [-0.25, -0.2) is 0 Å². The molecule has 0 aliphatic carbocycles. The van der Waals surface area contributed by atoms with Crippen LogP contribution >= 0.6 is 11.8 Å². The van der Waals surface area contributed by atoms with E-state index in [-0.39, 0.29) is 0 Å². The molecule has 0 saturated carbocycles.